The van der Waals surface area contributed by atoms with E-state index < -0.39 is 0 Å². The zero-order valence-electron chi connectivity index (χ0n) is 9.24. The monoisotopic (exact) mass is 250 g/mol. The van der Waals surface area contributed by atoms with Crippen molar-refractivity contribution < 1.29 is 9.18 Å². The van der Waals surface area contributed by atoms with E-state index in [1.54, 1.807) is 17.5 Å². The van der Waals surface area contributed by atoms with Crippen LogP contribution in [0.2, 0.25) is 0 Å². The molecule has 3 nitrogen and oxygen atoms in total. The van der Waals surface area contributed by atoms with Crippen molar-refractivity contribution >= 4 is 22.3 Å². The van der Waals surface area contributed by atoms with Crippen LogP contribution in [0.3, 0.4) is 0 Å². The number of hydrogen-bond donors (Lipinski definition) is 1. The Morgan fingerprint density at radius 2 is 2.12 bits per heavy atom. The quantitative estimate of drug-likeness (QED) is 0.848. The summed E-state index contributed by atoms with van der Waals surface area (Å²) in [4.78, 5) is 15.2. The highest BCUT2D eigenvalue weighted by Gasteiger charge is 2.05. The third-order valence-corrected chi connectivity index (χ3v) is 3.02. The van der Waals surface area contributed by atoms with Crippen LogP contribution in [0.15, 0.2) is 29.6 Å². The molecule has 1 aromatic heterocycles. The van der Waals surface area contributed by atoms with Crippen molar-refractivity contribution in [3.8, 4) is 0 Å². The zero-order chi connectivity index (χ0) is 12.3. The van der Waals surface area contributed by atoms with Gasteiger partial charge in [0.15, 0.2) is 10.9 Å². The van der Waals surface area contributed by atoms with Gasteiger partial charge in [-0.25, -0.2) is 9.37 Å². The molecule has 2 rings (SSSR count). The summed E-state index contributed by atoms with van der Waals surface area (Å²) in [6, 6.07) is 6.25. The number of aromatic nitrogens is 1. The van der Waals surface area contributed by atoms with Crippen LogP contribution in [0.4, 0.5) is 9.52 Å². The Morgan fingerprint density at radius 3 is 2.71 bits per heavy atom. The first-order chi connectivity index (χ1) is 8.15. The molecule has 1 aromatic carbocycles. The van der Waals surface area contributed by atoms with Crippen LogP contribution >= 0.6 is 11.3 Å². The van der Waals surface area contributed by atoms with E-state index in [9.17, 15) is 9.18 Å². The number of carbonyl (C=O) groups excluding carboxylic acids is 1. The van der Waals surface area contributed by atoms with E-state index in [-0.39, 0.29) is 11.6 Å². The minimum absolute atomic E-state index is 0.0453. The largest absolute Gasteiger partial charge is 0.357 e. The van der Waals surface area contributed by atoms with Gasteiger partial charge in [0.25, 0.3) is 0 Å². The normalized spacial score (nSPS) is 10.2. The fourth-order valence-electron chi connectivity index (χ4n) is 1.30. The first kappa shape index (κ1) is 11.7. The molecule has 1 N–H and O–H groups in total. The Labute approximate surface area is 102 Å². The van der Waals surface area contributed by atoms with Gasteiger partial charge in [0, 0.05) is 18.8 Å². The van der Waals surface area contributed by atoms with Crippen LogP contribution < -0.4 is 5.32 Å². The molecular formula is C12H11FN2OS. The van der Waals surface area contributed by atoms with Gasteiger partial charge < -0.3 is 5.32 Å². The molecule has 0 saturated heterocycles. The maximum atomic E-state index is 12.7. The number of Topliss-reactive ketones (excluding diaryl/α,β-unsaturated/α-hetero) is 1. The SMILES string of the molecule is CC(=O)c1csc(NCc2ccc(F)cc2)n1. The van der Waals surface area contributed by atoms with Gasteiger partial charge >= 0.3 is 0 Å². The molecule has 0 atom stereocenters. The van der Waals surface area contributed by atoms with Crippen molar-refractivity contribution in [3.05, 3.63) is 46.7 Å². The van der Waals surface area contributed by atoms with E-state index >= 15 is 0 Å². The first-order valence-corrected chi connectivity index (χ1v) is 5.98. The lowest BCUT2D eigenvalue weighted by Gasteiger charge is -2.02. The predicted molar refractivity (Wildman–Crippen MR) is 65.8 cm³/mol. The van der Waals surface area contributed by atoms with Crippen molar-refractivity contribution in [1.29, 1.82) is 0 Å². The number of nitrogens with one attached hydrogen (secondary N) is 1. The summed E-state index contributed by atoms with van der Waals surface area (Å²) in [5.41, 5.74) is 1.43. The van der Waals surface area contributed by atoms with Gasteiger partial charge in [-0.15, -0.1) is 11.3 Å². The molecule has 0 aliphatic heterocycles. The van der Waals surface area contributed by atoms with Crippen LogP contribution in [0, 0.1) is 5.82 Å². The summed E-state index contributed by atoms with van der Waals surface area (Å²) >= 11 is 1.38. The molecule has 0 aliphatic rings. The molecule has 0 spiro atoms. The van der Waals surface area contributed by atoms with Crippen molar-refractivity contribution in [2.75, 3.05) is 5.32 Å². The summed E-state index contributed by atoms with van der Waals surface area (Å²) in [5, 5.41) is 5.50. The highest BCUT2D eigenvalue weighted by molar-refractivity contribution is 7.13. The van der Waals surface area contributed by atoms with E-state index in [1.807, 2.05) is 0 Å². The molecule has 0 bridgehead atoms. The van der Waals surface area contributed by atoms with E-state index in [2.05, 4.69) is 10.3 Å². The molecule has 2 aromatic rings. The Bertz CT molecular complexity index is 522. The second-order valence-corrected chi connectivity index (χ2v) is 4.43. The van der Waals surface area contributed by atoms with Gasteiger partial charge in [0.2, 0.25) is 0 Å². The molecule has 0 radical (unpaired) electrons. The van der Waals surface area contributed by atoms with E-state index in [0.717, 1.165) is 5.56 Å². The van der Waals surface area contributed by atoms with Crippen LogP contribution in [0.25, 0.3) is 0 Å². The van der Waals surface area contributed by atoms with Gasteiger partial charge in [-0.05, 0) is 17.7 Å². The van der Waals surface area contributed by atoms with Crippen molar-refractivity contribution in [2.24, 2.45) is 0 Å². The highest BCUT2D eigenvalue weighted by atomic mass is 32.1. The van der Waals surface area contributed by atoms with Crippen molar-refractivity contribution in [3.63, 3.8) is 0 Å². The average molecular weight is 250 g/mol. The maximum Gasteiger partial charge on any atom is 0.183 e. The van der Waals surface area contributed by atoms with Crippen LogP contribution in [0.1, 0.15) is 23.0 Å². The summed E-state index contributed by atoms with van der Waals surface area (Å²) in [7, 11) is 0. The van der Waals surface area contributed by atoms with Gasteiger partial charge in [-0.2, -0.15) is 0 Å². The van der Waals surface area contributed by atoms with E-state index in [4.69, 9.17) is 0 Å². The number of rotatable bonds is 4. The predicted octanol–water partition coefficient (Wildman–Crippen LogP) is 3.10. The van der Waals surface area contributed by atoms with Crippen LogP contribution in [-0.4, -0.2) is 10.8 Å². The molecular weight excluding hydrogens is 239 g/mol. The summed E-state index contributed by atoms with van der Waals surface area (Å²) in [6.45, 7) is 2.05. The third-order valence-electron chi connectivity index (χ3n) is 2.22. The van der Waals surface area contributed by atoms with Crippen LogP contribution in [-0.2, 0) is 6.54 Å². The minimum atomic E-state index is -0.248. The molecule has 0 amide bonds. The molecule has 0 saturated carbocycles. The number of thiazole rings is 1. The Morgan fingerprint density at radius 1 is 1.41 bits per heavy atom. The second-order valence-electron chi connectivity index (χ2n) is 3.57. The minimum Gasteiger partial charge on any atom is -0.357 e. The molecule has 1 heterocycles. The highest BCUT2D eigenvalue weighted by Crippen LogP contribution is 2.16. The lowest BCUT2D eigenvalue weighted by molar-refractivity contribution is 0.101. The number of benzene rings is 1. The smallest absolute Gasteiger partial charge is 0.183 e. The Balaban J connectivity index is 1.97. The standard InChI is InChI=1S/C12H11FN2OS/c1-8(16)11-7-17-12(15-11)14-6-9-2-4-10(13)5-3-9/h2-5,7H,6H2,1H3,(H,14,15). The van der Waals surface area contributed by atoms with Gasteiger partial charge in [-0.3, -0.25) is 4.79 Å². The van der Waals surface area contributed by atoms with Gasteiger partial charge in [0.1, 0.15) is 11.5 Å². The third kappa shape index (κ3) is 3.10. The van der Waals surface area contributed by atoms with Crippen molar-refractivity contribution in [1.82, 2.24) is 4.98 Å². The number of nitrogens with zero attached hydrogens (tertiary/aromatic N) is 1. The first-order valence-electron chi connectivity index (χ1n) is 5.10. The second kappa shape index (κ2) is 5.05. The Hall–Kier alpha value is -1.75. The summed E-state index contributed by atoms with van der Waals surface area (Å²) in [5.74, 6) is -0.294. The number of halogens is 1. The lowest BCUT2D eigenvalue weighted by atomic mass is 10.2. The fraction of sp³-hybridized carbons (Fsp3) is 0.167. The molecule has 0 unspecified atom stereocenters. The number of ketones is 1. The molecule has 5 heteroatoms. The van der Waals surface area contributed by atoms with Gasteiger partial charge in [-0.1, -0.05) is 12.1 Å². The molecule has 0 aliphatic carbocycles. The Kier molecular flexibility index (Phi) is 3.49. The number of anilines is 1. The van der Waals surface area contributed by atoms with Gasteiger partial charge in [0.05, 0.1) is 0 Å². The van der Waals surface area contributed by atoms with E-state index in [1.165, 1.54) is 30.4 Å². The summed E-state index contributed by atoms with van der Waals surface area (Å²) in [6.07, 6.45) is 0. The van der Waals surface area contributed by atoms with Crippen LogP contribution in [0.5, 0.6) is 0 Å². The van der Waals surface area contributed by atoms with Crippen molar-refractivity contribution in [2.45, 2.75) is 13.5 Å². The summed E-state index contributed by atoms with van der Waals surface area (Å²) < 4.78 is 12.7. The topological polar surface area (TPSA) is 42.0 Å². The number of hydrogen-bond acceptors (Lipinski definition) is 4. The average Bonchev–Trinajstić information content (AvgIpc) is 2.77. The number of carbonyl (C=O) groups is 1. The van der Waals surface area contributed by atoms with E-state index in [0.29, 0.717) is 17.4 Å². The molecule has 0 fully saturated rings. The fourth-order valence-corrected chi connectivity index (χ4v) is 2.05. The molecule has 88 valence electrons. The lowest BCUT2D eigenvalue weighted by Crippen LogP contribution is -2.00. The maximum absolute atomic E-state index is 12.7. The zero-order valence-corrected chi connectivity index (χ0v) is 10.1. The molecule has 17 heavy (non-hydrogen) atoms.